The molecular weight excluding hydrogens is 632 g/mol. The third-order valence-electron chi connectivity index (χ3n) is 8.68. The van der Waals surface area contributed by atoms with Gasteiger partial charge in [-0.05, 0) is 121 Å². The summed E-state index contributed by atoms with van der Waals surface area (Å²) >= 11 is 6.39. The number of fused-ring (bicyclic) bond motifs is 3. The number of epoxide rings is 2. The maximum atomic E-state index is 12.9. The minimum atomic E-state index is -0.481. The van der Waals surface area contributed by atoms with Crippen LogP contribution in [0.5, 0.6) is 23.0 Å². The van der Waals surface area contributed by atoms with Crippen LogP contribution in [0, 0.1) is 0 Å². The second kappa shape index (κ2) is 15.4. The predicted octanol–water partition coefficient (Wildman–Crippen LogP) is 8.54. The monoisotopic (exact) mass is 670 g/mol. The molecule has 0 bridgehead atoms. The molecule has 2 fully saturated rings. The van der Waals surface area contributed by atoms with Gasteiger partial charge in [-0.15, -0.1) is 0 Å². The zero-order chi connectivity index (χ0) is 32.7. The fourth-order valence-electron chi connectivity index (χ4n) is 5.84. The maximum Gasteiger partial charge on any atom is 0.343 e. The van der Waals surface area contributed by atoms with Crippen LogP contribution in [0.15, 0.2) is 78.9 Å². The minimum absolute atomic E-state index is 0.312. The van der Waals surface area contributed by atoms with Crippen LogP contribution in [0.3, 0.4) is 0 Å². The van der Waals surface area contributed by atoms with Crippen molar-refractivity contribution in [2.24, 2.45) is 0 Å². The highest BCUT2D eigenvalue weighted by atomic mass is 35.5. The topological polar surface area (TPSA) is 88.3 Å². The van der Waals surface area contributed by atoms with Crippen molar-refractivity contribution in [1.82, 2.24) is 0 Å². The van der Waals surface area contributed by atoms with Gasteiger partial charge < -0.3 is 28.6 Å². The Kier molecular flexibility index (Phi) is 10.4. The summed E-state index contributed by atoms with van der Waals surface area (Å²) in [5.41, 5.74) is 5.75. The van der Waals surface area contributed by atoms with Gasteiger partial charge in [0.15, 0.2) is 5.75 Å². The van der Waals surface area contributed by atoms with E-state index in [2.05, 4.69) is 0 Å². The molecule has 2 aliphatic heterocycles. The van der Waals surface area contributed by atoms with Crippen molar-refractivity contribution in [3.8, 4) is 34.1 Å². The summed E-state index contributed by atoms with van der Waals surface area (Å²) in [4.78, 5) is 24.1. The Labute approximate surface area is 285 Å². The average molecular weight is 671 g/mol. The number of carbonyl (C=O) groups is 1. The van der Waals surface area contributed by atoms with Gasteiger partial charge in [0.1, 0.15) is 23.9 Å². The molecule has 250 valence electrons. The number of rotatable bonds is 18. The van der Waals surface area contributed by atoms with E-state index in [1.807, 2.05) is 60.7 Å². The Balaban J connectivity index is 0.855. The maximum absolute atomic E-state index is 12.9. The zero-order valence-electron chi connectivity index (χ0n) is 26.8. The van der Waals surface area contributed by atoms with Gasteiger partial charge in [-0.25, -0.2) is 4.79 Å². The number of halogens is 1. The summed E-state index contributed by atoms with van der Waals surface area (Å²) in [5, 5.41) is 0.373. The molecule has 4 aromatic rings. The smallest absolute Gasteiger partial charge is 0.343 e. The molecule has 8 nitrogen and oxygen atoms in total. The van der Waals surface area contributed by atoms with E-state index in [0.29, 0.717) is 59.7 Å². The number of carbonyl (C=O) groups excluding carboxylic acids is 1. The van der Waals surface area contributed by atoms with Crippen LogP contribution >= 0.6 is 11.6 Å². The lowest BCUT2D eigenvalue weighted by molar-refractivity contribution is -0.217. The SMILES string of the molecule is O=C(Oc1ccc2c(c1)Cc1cc(OOCc3ccc(OCCCCCC4CO4)cc3)ccc1-2)c1ccc(OCCCC2CO2)c(Cl)c1. The summed E-state index contributed by atoms with van der Waals surface area (Å²) in [7, 11) is 0. The molecule has 1 aliphatic carbocycles. The predicted molar refractivity (Wildman–Crippen MR) is 181 cm³/mol. The first-order valence-corrected chi connectivity index (χ1v) is 17.1. The van der Waals surface area contributed by atoms with Crippen molar-refractivity contribution in [1.29, 1.82) is 0 Å². The lowest BCUT2D eigenvalue weighted by atomic mass is 10.1. The second-order valence-electron chi connectivity index (χ2n) is 12.4. The van der Waals surface area contributed by atoms with Gasteiger partial charge in [0.05, 0.1) is 49.2 Å². The van der Waals surface area contributed by atoms with E-state index in [9.17, 15) is 4.79 Å². The largest absolute Gasteiger partial charge is 0.494 e. The molecule has 0 saturated carbocycles. The van der Waals surface area contributed by atoms with E-state index in [4.69, 9.17) is 45.1 Å². The van der Waals surface area contributed by atoms with Crippen molar-refractivity contribution in [2.45, 2.75) is 63.8 Å². The lowest BCUT2D eigenvalue weighted by Crippen LogP contribution is -2.09. The van der Waals surface area contributed by atoms with Crippen molar-refractivity contribution in [2.75, 3.05) is 26.4 Å². The van der Waals surface area contributed by atoms with Crippen LogP contribution in [-0.4, -0.2) is 44.6 Å². The van der Waals surface area contributed by atoms with Gasteiger partial charge in [-0.2, -0.15) is 4.89 Å². The minimum Gasteiger partial charge on any atom is -0.494 e. The fraction of sp³-hybridized carbons (Fsp3) is 0.359. The highest BCUT2D eigenvalue weighted by molar-refractivity contribution is 6.32. The molecule has 0 radical (unpaired) electrons. The number of ether oxygens (including phenoxy) is 5. The molecule has 2 unspecified atom stereocenters. The normalized spacial score (nSPS) is 16.9. The quantitative estimate of drug-likeness (QED) is 0.0229. The van der Waals surface area contributed by atoms with Crippen molar-refractivity contribution in [3.05, 3.63) is 106 Å². The number of hydrogen-bond donors (Lipinski definition) is 0. The zero-order valence-corrected chi connectivity index (χ0v) is 27.5. The molecular formula is C39H39ClO8. The number of hydrogen-bond acceptors (Lipinski definition) is 8. The van der Waals surface area contributed by atoms with E-state index in [-0.39, 0.29) is 0 Å². The van der Waals surface area contributed by atoms with Gasteiger partial charge >= 0.3 is 5.97 Å². The summed E-state index contributed by atoms with van der Waals surface area (Å²) < 4.78 is 27.8. The van der Waals surface area contributed by atoms with E-state index < -0.39 is 5.97 Å². The van der Waals surface area contributed by atoms with Crippen molar-refractivity contribution in [3.63, 3.8) is 0 Å². The first-order valence-electron chi connectivity index (χ1n) is 16.7. The van der Waals surface area contributed by atoms with Gasteiger partial charge in [0.25, 0.3) is 0 Å². The van der Waals surface area contributed by atoms with E-state index in [0.717, 1.165) is 85.5 Å². The van der Waals surface area contributed by atoms with Gasteiger partial charge in [-0.3, -0.25) is 0 Å². The first-order chi connectivity index (χ1) is 23.6. The molecule has 2 saturated heterocycles. The van der Waals surface area contributed by atoms with Crippen LogP contribution in [0.25, 0.3) is 11.1 Å². The van der Waals surface area contributed by atoms with Crippen molar-refractivity contribution < 1.29 is 38.3 Å². The third-order valence-corrected chi connectivity index (χ3v) is 8.97. The fourth-order valence-corrected chi connectivity index (χ4v) is 6.08. The highest BCUT2D eigenvalue weighted by Crippen LogP contribution is 2.40. The first kappa shape index (κ1) is 32.5. The molecule has 7 rings (SSSR count). The molecule has 0 spiro atoms. The molecule has 0 amide bonds. The van der Waals surface area contributed by atoms with Gasteiger partial charge in [0.2, 0.25) is 0 Å². The van der Waals surface area contributed by atoms with Crippen LogP contribution in [0.1, 0.15) is 65.6 Å². The van der Waals surface area contributed by atoms with Crippen LogP contribution in [0.2, 0.25) is 5.02 Å². The third kappa shape index (κ3) is 8.88. The summed E-state index contributed by atoms with van der Waals surface area (Å²) in [5.74, 6) is 2.02. The van der Waals surface area contributed by atoms with Gasteiger partial charge in [0, 0.05) is 0 Å². The van der Waals surface area contributed by atoms with Crippen LogP contribution in [-0.2, 0) is 27.4 Å². The number of esters is 1. The summed E-state index contributed by atoms with van der Waals surface area (Å²) in [6.07, 6.45) is 8.00. The van der Waals surface area contributed by atoms with E-state index in [1.165, 1.54) is 6.42 Å². The summed E-state index contributed by atoms with van der Waals surface area (Å²) in [6.45, 7) is 3.35. The highest BCUT2D eigenvalue weighted by Gasteiger charge is 2.23. The molecule has 3 aliphatic rings. The Morgan fingerprint density at radius 2 is 1.38 bits per heavy atom. The Morgan fingerprint density at radius 3 is 2.10 bits per heavy atom. The Morgan fingerprint density at radius 1 is 0.708 bits per heavy atom. The van der Waals surface area contributed by atoms with Gasteiger partial charge in [-0.1, -0.05) is 42.3 Å². The molecule has 0 aromatic heterocycles. The lowest BCUT2D eigenvalue weighted by Gasteiger charge is -2.10. The Hall–Kier alpha value is -4.08. The van der Waals surface area contributed by atoms with Crippen LogP contribution < -0.4 is 19.1 Å². The molecule has 9 heteroatoms. The molecule has 2 atom stereocenters. The van der Waals surface area contributed by atoms with E-state index in [1.54, 1.807) is 18.2 Å². The van der Waals surface area contributed by atoms with E-state index >= 15 is 0 Å². The molecule has 2 heterocycles. The van der Waals surface area contributed by atoms with Crippen LogP contribution in [0.4, 0.5) is 0 Å². The average Bonchev–Trinajstić information content (AvgIpc) is 4.04. The van der Waals surface area contributed by atoms with Crippen molar-refractivity contribution >= 4 is 17.6 Å². The Bertz CT molecular complexity index is 1710. The number of benzene rings is 4. The number of unbranched alkanes of at least 4 members (excludes halogenated alkanes) is 2. The molecule has 0 N–H and O–H groups in total. The molecule has 48 heavy (non-hydrogen) atoms. The second-order valence-corrected chi connectivity index (χ2v) is 12.8. The summed E-state index contributed by atoms with van der Waals surface area (Å²) in [6, 6.07) is 24.5. The standard InChI is InChI=1S/C39H39ClO8/c40-37-22-27(9-16-38(37)43-18-4-6-34-25-45-34)39(41)47-31-12-14-35-28(20-31)19-29-21-32(13-15-36(29)35)48-46-23-26-7-10-30(11-8-26)42-17-3-1-2-5-33-24-44-33/h7-16,20-22,33-34H,1-6,17-19,23-25H2. The molecule has 4 aromatic carbocycles.